The van der Waals surface area contributed by atoms with Crippen molar-refractivity contribution >= 4 is 33.3 Å². The number of nitro benzene ring substituents is 1. The second-order valence-corrected chi connectivity index (χ2v) is 9.45. The maximum absolute atomic E-state index is 12.8. The molecular weight excluding hydrogens is 450 g/mol. The molecule has 0 atom stereocenters. The van der Waals surface area contributed by atoms with Crippen molar-refractivity contribution < 1.29 is 22.8 Å². The summed E-state index contributed by atoms with van der Waals surface area (Å²) in [6.07, 6.45) is 1.55. The van der Waals surface area contributed by atoms with Gasteiger partial charge in [0, 0.05) is 37.9 Å². The molecule has 2 aromatic carbocycles. The van der Waals surface area contributed by atoms with Crippen LogP contribution in [-0.4, -0.2) is 76.5 Å². The van der Waals surface area contributed by atoms with E-state index in [1.54, 1.807) is 6.21 Å². The molecule has 0 aromatic heterocycles. The van der Waals surface area contributed by atoms with Crippen LogP contribution >= 0.6 is 0 Å². The number of ether oxygens (including phenoxy) is 2. The number of hydrogen-bond donors (Lipinski definition) is 1. The van der Waals surface area contributed by atoms with E-state index in [-0.39, 0.29) is 29.4 Å². The fourth-order valence-electron chi connectivity index (χ4n) is 3.62. The van der Waals surface area contributed by atoms with Crippen LogP contribution in [0.15, 0.2) is 52.5 Å². The number of sulfonamides is 1. The lowest BCUT2D eigenvalue weighted by molar-refractivity contribution is -0.384. The van der Waals surface area contributed by atoms with Crippen molar-refractivity contribution in [3.05, 3.63) is 58.1 Å². The molecular formula is C21H25N5O6S. The molecule has 2 saturated heterocycles. The van der Waals surface area contributed by atoms with E-state index in [2.05, 4.69) is 15.4 Å². The predicted molar refractivity (Wildman–Crippen MR) is 123 cm³/mol. The Hall–Kier alpha value is -3.06. The zero-order chi connectivity index (χ0) is 23.3. The monoisotopic (exact) mass is 475 g/mol. The van der Waals surface area contributed by atoms with Gasteiger partial charge in [-0.2, -0.15) is 9.41 Å². The minimum atomic E-state index is -3.84. The van der Waals surface area contributed by atoms with Crippen molar-refractivity contribution in [2.24, 2.45) is 5.10 Å². The number of nitro groups is 1. The molecule has 2 aromatic rings. The summed E-state index contributed by atoms with van der Waals surface area (Å²) < 4.78 is 37.4. The molecule has 1 N–H and O–H groups in total. The van der Waals surface area contributed by atoms with E-state index in [1.807, 2.05) is 24.3 Å². The highest BCUT2D eigenvalue weighted by atomic mass is 32.2. The van der Waals surface area contributed by atoms with E-state index < -0.39 is 14.9 Å². The highest BCUT2D eigenvalue weighted by Crippen LogP contribution is 2.29. The normalized spacial score (nSPS) is 17.9. The van der Waals surface area contributed by atoms with Crippen LogP contribution in [0, 0.1) is 10.1 Å². The van der Waals surface area contributed by atoms with E-state index in [1.165, 1.54) is 16.4 Å². The van der Waals surface area contributed by atoms with Gasteiger partial charge in [-0.3, -0.25) is 15.5 Å². The maximum Gasteiger partial charge on any atom is 0.295 e. The van der Waals surface area contributed by atoms with Crippen LogP contribution in [0.1, 0.15) is 5.56 Å². The zero-order valence-electron chi connectivity index (χ0n) is 17.9. The summed E-state index contributed by atoms with van der Waals surface area (Å²) in [5, 5.41) is 15.7. The average molecular weight is 476 g/mol. The maximum atomic E-state index is 12.8. The molecule has 0 unspecified atom stereocenters. The van der Waals surface area contributed by atoms with E-state index >= 15 is 0 Å². The van der Waals surface area contributed by atoms with Crippen LogP contribution in [-0.2, 0) is 19.5 Å². The van der Waals surface area contributed by atoms with Gasteiger partial charge in [-0.1, -0.05) is 12.1 Å². The highest BCUT2D eigenvalue weighted by Gasteiger charge is 2.28. The topological polar surface area (TPSA) is 127 Å². The van der Waals surface area contributed by atoms with Gasteiger partial charge in [0.15, 0.2) is 0 Å². The lowest BCUT2D eigenvalue weighted by Crippen LogP contribution is -2.40. The first-order chi connectivity index (χ1) is 15.9. The Balaban J connectivity index is 1.46. The smallest absolute Gasteiger partial charge is 0.295 e. The fourth-order valence-corrected chi connectivity index (χ4v) is 5.05. The predicted octanol–water partition coefficient (Wildman–Crippen LogP) is 1.90. The van der Waals surface area contributed by atoms with Gasteiger partial charge < -0.3 is 14.4 Å². The number of anilines is 2. The van der Waals surface area contributed by atoms with Crippen LogP contribution in [0.2, 0.25) is 0 Å². The van der Waals surface area contributed by atoms with Crippen LogP contribution in [0.3, 0.4) is 0 Å². The molecule has 0 radical (unpaired) electrons. The lowest BCUT2D eigenvalue weighted by Gasteiger charge is -2.28. The van der Waals surface area contributed by atoms with Crippen LogP contribution in [0.4, 0.5) is 17.1 Å². The second-order valence-electron chi connectivity index (χ2n) is 7.51. The Bertz CT molecular complexity index is 1110. The Labute approximate surface area is 191 Å². The third-order valence-electron chi connectivity index (χ3n) is 5.44. The molecule has 0 bridgehead atoms. The summed E-state index contributed by atoms with van der Waals surface area (Å²) in [5.41, 5.74) is 4.29. The molecule has 2 fully saturated rings. The Morgan fingerprint density at radius 1 is 0.970 bits per heavy atom. The number of nitrogens with one attached hydrogen (secondary N) is 1. The summed E-state index contributed by atoms with van der Waals surface area (Å²) in [7, 11) is -3.84. The van der Waals surface area contributed by atoms with Crippen LogP contribution < -0.4 is 10.3 Å². The SMILES string of the molecule is O=[N+]([O-])c1cc(S(=O)(=O)N2CCOCC2)ccc1NN=Cc1ccc(N2CCOCC2)cc1. The number of hydrazone groups is 1. The highest BCUT2D eigenvalue weighted by molar-refractivity contribution is 7.89. The number of hydrogen-bond acceptors (Lipinski definition) is 9. The van der Waals surface area contributed by atoms with Gasteiger partial charge in [0.25, 0.3) is 5.69 Å². The molecule has 11 nitrogen and oxygen atoms in total. The lowest BCUT2D eigenvalue weighted by atomic mass is 10.2. The summed E-state index contributed by atoms with van der Waals surface area (Å²) in [6.45, 7) is 4.12. The molecule has 33 heavy (non-hydrogen) atoms. The first-order valence-electron chi connectivity index (χ1n) is 10.5. The van der Waals surface area contributed by atoms with Crippen LogP contribution in [0.5, 0.6) is 0 Å². The number of morpholine rings is 2. The minimum absolute atomic E-state index is 0.0992. The molecule has 0 spiro atoms. The largest absolute Gasteiger partial charge is 0.379 e. The van der Waals surface area contributed by atoms with Gasteiger partial charge in [-0.15, -0.1) is 0 Å². The average Bonchev–Trinajstić information content (AvgIpc) is 2.85. The molecule has 176 valence electrons. The van der Waals surface area contributed by atoms with Gasteiger partial charge in [-0.05, 0) is 29.8 Å². The molecule has 0 saturated carbocycles. The number of rotatable bonds is 7. The van der Waals surface area contributed by atoms with Gasteiger partial charge >= 0.3 is 0 Å². The van der Waals surface area contributed by atoms with Crippen molar-refractivity contribution in [1.29, 1.82) is 0 Å². The van der Waals surface area contributed by atoms with Gasteiger partial charge in [-0.25, -0.2) is 8.42 Å². The fraction of sp³-hybridized carbons (Fsp3) is 0.381. The molecule has 2 aliphatic rings. The Kier molecular flexibility index (Phi) is 7.18. The summed E-state index contributed by atoms with van der Waals surface area (Å²) in [6, 6.07) is 11.5. The van der Waals surface area contributed by atoms with Crippen molar-refractivity contribution in [3.8, 4) is 0 Å². The third kappa shape index (κ3) is 5.47. The molecule has 4 rings (SSSR count). The van der Waals surface area contributed by atoms with E-state index in [0.717, 1.165) is 30.4 Å². The van der Waals surface area contributed by atoms with Crippen molar-refractivity contribution in [2.45, 2.75) is 4.90 Å². The van der Waals surface area contributed by atoms with E-state index in [4.69, 9.17) is 9.47 Å². The molecule has 12 heteroatoms. The van der Waals surface area contributed by atoms with Crippen molar-refractivity contribution in [2.75, 3.05) is 62.9 Å². The number of benzene rings is 2. The van der Waals surface area contributed by atoms with E-state index in [0.29, 0.717) is 26.4 Å². The summed E-state index contributed by atoms with van der Waals surface area (Å²) in [4.78, 5) is 13.0. The van der Waals surface area contributed by atoms with Gasteiger partial charge in [0.1, 0.15) is 5.69 Å². The summed E-state index contributed by atoms with van der Waals surface area (Å²) in [5.74, 6) is 0. The third-order valence-corrected chi connectivity index (χ3v) is 7.34. The van der Waals surface area contributed by atoms with Crippen LogP contribution in [0.25, 0.3) is 0 Å². The quantitative estimate of drug-likeness (QED) is 0.366. The first kappa shape index (κ1) is 23.1. The van der Waals surface area contributed by atoms with Crippen molar-refractivity contribution in [3.63, 3.8) is 0 Å². The summed E-state index contributed by atoms with van der Waals surface area (Å²) >= 11 is 0. The van der Waals surface area contributed by atoms with Gasteiger partial charge in [0.2, 0.25) is 10.0 Å². The van der Waals surface area contributed by atoms with Crippen molar-refractivity contribution in [1.82, 2.24) is 4.31 Å². The molecule has 2 heterocycles. The molecule has 0 aliphatic carbocycles. The number of nitrogens with zero attached hydrogens (tertiary/aromatic N) is 4. The Morgan fingerprint density at radius 3 is 2.24 bits per heavy atom. The minimum Gasteiger partial charge on any atom is -0.379 e. The zero-order valence-corrected chi connectivity index (χ0v) is 18.7. The second kappa shape index (κ2) is 10.3. The molecule has 2 aliphatic heterocycles. The standard InChI is InChI=1S/C21H25N5O6S/c27-26(28)21-15-19(33(29,30)25-9-13-32-14-10-25)5-6-20(21)23-22-16-17-1-3-18(4-2-17)24-7-11-31-12-8-24/h1-6,15-16,23H,7-14H2. The Morgan fingerprint density at radius 2 is 1.61 bits per heavy atom. The first-order valence-corrected chi connectivity index (χ1v) is 12.0. The van der Waals surface area contributed by atoms with E-state index in [9.17, 15) is 18.5 Å². The van der Waals surface area contributed by atoms with Gasteiger partial charge in [0.05, 0.1) is 42.5 Å². The molecule has 0 amide bonds.